The lowest BCUT2D eigenvalue weighted by Gasteiger charge is -2.23. The van der Waals surface area contributed by atoms with E-state index in [1.807, 2.05) is 18.2 Å². The Balaban J connectivity index is 1.79. The molecule has 1 heterocycles. The van der Waals surface area contributed by atoms with Crippen LogP contribution >= 0.6 is 15.9 Å². The number of rotatable bonds is 5. The number of methoxy groups -OCH3 is 1. The van der Waals surface area contributed by atoms with Crippen molar-refractivity contribution in [2.24, 2.45) is 5.10 Å². The summed E-state index contributed by atoms with van der Waals surface area (Å²) in [6.45, 7) is 2.43. The van der Waals surface area contributed by atoms with Gasteiger partial charge in [0.1, 0.15) is 5.75 Å². The number of amides is 1. The number of nitrogens with one attached hydrogen (secondary N) is 1. The lowest BCUT2D eigenvalue weighted by molar-refractivity contribution is -0.122. The summed E-state index contributed by atoms with van der Waals surface area (Å²) in [5.41, 5.74) is 3.50. The topological polar surface area (TPSA) is 53.9 Å². The second-order valence-corrected chi connectivity index (χ2v) is 6.59. The SMILES string of the molecule is COc1ccc(/C=N\NC(=O)CN2CCCCCCC2)cc1Br. The van der Waals surface area contributed by atoms with Gasteiger partial charge in [0, 0.05) is 0 Å². The van der Waals surface area contributed by atoms with Gasteiger partial charge in [-0.25, -0.2) is 5.43 Å². The van der Waals surface area contributed by atoms with Gasteiger partial charge in [-0.05, 0) is 65.6 Å². The van der Waals surface area contributed by atoms with E-state index in [-0.39, 0.29) is 5.91 Å². The van der Waals surface area contributed by atoms with Crippen LogP contribution in [0.2, 0.25) is 0 Å². The van der Waals surface area contributed by atoms with E-state index in [0.717, 1.165) is 28.9 Å². The van der Waals surface area contributed by atoms with Crippen LogP contribution < -0.4 is 10.2 Å². The molecule has 0 saturated carbocycles. The minimum Gasteiger partial charge on any atom is -0.496 e. The average molecular weight is 382 g/mol. The minimum atomic E-state index is -0.0607. The Morgan fingerprint density at radius 2 is 2.00 bits per heavy atom. The first-order valence-electron chi connectivity index (χ1n) is 8.07. The molecule has 0 aliphatic carbocycles. The Hall–Kier alpha value is -1.40. The molecule has 2 rings (SSSR count). The third-order valence-electron chi connectivity index (χ3n) is 3.89. The summed E-state index contributed by atoms with van der Waals surface area (Å²) in [6.07, 6.45) is 7.84. The molecule has 0 atom stereocenters. The first-order valence-corrected chi connectivity index (χ1v) is 8.86. The van der Waals surface area contributed by atoms with E-state index < -0.39 is 0 Å². The largest absolute Gasteiger partial charge is 0.496 e. The van der Waals surface area contributed by atoms with Crippen LogP contribution in [0.15, 0.2) is 27.8 Å². The molecule has 1 N–H and O–H groups in total. The van der Waals surface area contributed by atoms with E-state index >= 15 is 0 Å². The van der Waals surface area contributed by atoms with Crippen LogP contribution in [-0.2, 0) is 4.79 Å². The maximum Gasteiger partial charge on any atom is 0.254 e. The maximum atomic E-state index is 12.0. The lowest BCUT2D eigenvalue weighted by atomic mass is 10.1. The molecule has 0 aromatic heterocycles. The van der Waals surface area contributed by atoms with Crippen molar-refractivity contribution in [2.75, 3.05) is 26.7 Å². The predicted molar refractivity (Wildman–Crippen MR) is 96.0 cm³/mol. The van der Waals surface area contributed by atoms with Crippen LogP contribution in [0.4, 0.5) is 0 Å². The van der Waals surface area contributed by atoms with Crippen LogP contribution in [0.1, 0.15) is 37.7 Å². The Morgan fingerprint density at radius 3 is 2.65 bits per heavy atom. The number of nitrogens with zero attached hydrogens (tertiary/aromatic N) is 2. The summed E-state index contributed by atoms with van der Waals surface area (Å²) in [6, 6.07) is 5.64. The number of hydrazone groups is 1. The van der Waals surface area contributed by atoms with E-state index in [2.05, 4.69) is 31.4 Å². The van der Waals surface area contributed by atoms with Gasteiger partial charge in [0.05, 0.1) is 24.3 Å². The highest BCUT2D eigenvalue weighted by molar-refractivity contribution is 9.10. The standard InChI is InChI=1S/C17H24BrN3O2/c1-23-16-8-7-14(11-15(16)18)12-19-20-17(22)13-21-9-5-3-2-4-6-10-21/h7-8,11-12H,2-6,9-10,13H2,1H3,(H,20,22)/b19-12-. The fourth-order valence-electron chi connectivity index (χ4n) is 2.65. The quantitative estimate of drug-likeness (QED) is 0.629. The first kappa shape index (κ1) is 17.9. The molecule has 0 unspecified atom stereocenters. The molecule has 1 aromatic carbocycles. The van der Waals surface area contributed by atoms with E-state index in [1.54, 1.807) is 13.3 Å². The number of benzene rings is 1. The van der Waals surface area contributed by atoms with Gasteiger partial charge in [-0.3, -0.25) is 9.69 Å². The van der Waals surface area contributed by atoms with E-state index in [9.17, 15) is 4.79 Å². The van der Waals surface area contributed by atoms with Gasteiger partial charge in [-0.1, -0.05) is 19.3 Å². The zero-order chi connectivity index (χ0) is 16.5. The van der Waals surface area contributed by atoms with E-state index in [1.165, 1.54) is 32.1 Å². The highest BCUT2D eigenvalue weighted by Gasteiger charge is 2.11. The third-order valence-corrected chi connectivity index (χ3v) is 4.51. The van der Waals surface area contributed by atoms with Gasteiger partial charge in [-0.2, -0.15) is 5.10 Å². The van der Waals surface area contributed by atoms with Crippen LogP contribution in [-0.4, -0.2) is 43.8 Å². The molecule has 6 heteroatoms. The predicted octanol–water partition coefficient (Wildman–Crippen LogP) is 3.17. The number of hydrogen-bond donors (Lipinski definition) is 1. The molecule has 23 heavy (non-hydrogen) atoms. The van der Waals surface area contributed by atoms with Crippen molar-refractivity contribution in [3.63, 3.8) is 0 Å². The monoisotopic (exact) mass is 381 g/mol. The van der Waals surface area contributed by atoms with E-state index in [0.29, 0.717) is 6.54 Å². The van der Waals surface area contributed by atoms with Crippen LogP contribution in [0, 0.1) is 0 Å². The Bertz CT molecular complexity index is 541. The van der Waals surface area contributed by atoms with Gasteiger partial charge in [0.15, 0.2) is 0 Å². The minimum absolute atomic E-state index is 0.0607. The van der Waals surface area contributed by atoms with Gasteiger partial charge in [0.25, 0.3) is 5.91 Å². The smallest absolute Gasteiger partial charge is 0.254 e. The Labute approximate surface area is 146 Å². The van der Waals surface area contributed by atoms with Crippen molar-refractivity contribution in [3.8, 4) is 5.75 Å². The van der Waals surface area contributed by atoms with Crippen molar-refractivity contribution in [3.05, 3.63) is 28.2 Å². The molecule has 1 aliphatic rings. The lowest BCUT2D eigenvalue weighted by Crippen LogP contribution is -2.37. The Morgan fingerprint density at radius 1 is 1.30 bits per heavy atom. The summed E-state index contributed by atoms with van der Waals surface area (Å²) < 4.78 is 6.04. The van der Waals surface area contributed by atoms with Gasteiger partial charge in [0.2, 0.25) is 0 Å². The van der Waals surface area contributed by atoms with Gasteiger partial charge < -0.3 is 4.74 Å². The van der Waals surface area contributed by atoms with Gasteiger partial charge in [-0.15, -0.1) is 0 Å². The second-order valence-electron chi connectivity index (χ2n) is 5.73. The van der Waals surface area contributed by atoms with Crippen molar-refractivity contribution < 1.29 is 9.53 Å². The average Bonchev–Trinajstić information content (AvgIpc) is 2.50. The number of likely N-dealkylation sites (tertiary alicyclic amines) is 1. The normalized spacial score (nSPS) is 16.8. The van der Waals surface area contributed by atoms with Gasteiger partial charge >= 0.3 is 0 Å². The molecule has 1 saturated heterocycles. The zero-order valence-electron chi connectivity index (χ0n) is 13.6. The van der Waals surface area contributed by atoms with Crippen molar-refractivity contribution in [2.45, 2.75) is 32.1 Å². The molecule has 5 nitrogen and oxygen atoms in total. The van der Waals surface area contributed by atoms with Crippen LogP contribution in [0.25, 0.3) is 0 Å². The van der Waals surface area contributed by atoms with Crippen molar-refractivity contribution in [1.29, 1.82) is 0 Å². The molecular formula is C17H24BrN3O2. The zero-order valence-corrected chi connectivity index (χ0v) is 15.1. The van der Waals surface area contributed by atoms with Crippen LogP contribution in [0.5, 0.6) is 5.75 Å². The molecule has 126 valence electrons. The molecular weight excluding hydrogens is 358 g/mol. The Kier molecular flexibility index (Phi) is 7.55. The van der Waals surface area contributed by atoms with Crippen molar-refractivity contribution in [1.82, 2.24) is 10.3 Å². The summed E-state index contributed by atoms with van der Waals surface area (Å²) in [7, 11) is 1.62. The molecule has 1 amide bonds. The molecule has 1 aliphatic heterocycles. The van der Waals surface area contributed by atoms with E-state index in [4.69, 9.17) is 4.74 Å². The first-order chi connectivity index (χ1) is 11.2. The number of ether oxygens (including phenoxy) is 1. The summed E-state index contributed by atoms with van der Waals surface area (Å²) >= 11 is 3.43. The number of carbonyl (C=O) groups is 1. The molecule has 0 bridgehead atoms. The molecule has 1 fully saturated rings. The molecule has 1 aromatic rings. The highest BCUT2D eigenvalue weighted by Crippen LogP contribution is 2.24. The summed E-state index contributed by atoms with van der Waals surface area (Å²) in [4.78, 5) is 14.2. The maximum absolute atomic E-state index is 12.0. The highest BCUT2D eigenvalue weighted by atomic mass is 79.9. The number of carbonyl (C=O) groups excluding carboxylic acids is 1. The molecule has 0 spiro atoms. The second kappa shape index (κ2) is 9.67. The van der Waals surface area contributed by atoms with Crippen LogP contribution in [0.3, 0.4) is 0 Å². The van der Waals surface area contributed by atoms with Crippen molar-refractivity contribution >= 4 is 28.1 Å². The third kappa shape index (κ3) is 6.31. The molecule has 0 radical (unpaired) electrons. The fourth-order valence-corrected chi connectivity index (χ4v) is 3.21. The summed E-state index contributed by atoms with van der Waals surface area (Å²) in [5, 5.41) is 4.03. The fraction of sp³-hybridized carbons (Fsp3) is 0.529. The number of hydrogen-bond acceptors (Lipinski definition) is 4. The number of halogens is 1. The summed E-state index contributed by atoms with van der Waals surface area (Å²) in [5.74, 6) is 0.706.